The van der Waals surface area contributed by atoms with E-state index in [1.165, 1.54) is 44.6 Å². The first-order valence-electron chi connectivity index (χ1n) is 9.61. The molecule has 0 fully saturated rings. The Morgan fingerprint density at radius 3 is 1.61 bits per heavy atom. The Kier molecular flexibility index (Phi) is 7.54. The van der Waals surface area contributed by atoms with Crippen molar-refractivity contribution < 1.29 is 28.7 Å². The maximum Gasteiger partial charge on any atom is 0.337 e. The number of methoxy groups -OCH3 is 2. The Balaban J connectivity index is 1.82. The number of hydrogen-bond donors (Lipinski definition) is 0. The molecule has 0 bridgehead atoms. The van der Waals surface area contributed by atoms with Gasteiger partial charge >= 0.3 is 11.9 Å². The Labute approximate surface area is 198 Å². The minimum atomic E-state index is -0.707. The molecule has 0 unspecified atom stereocenters. The first-order valence-corrected chi connectivity index (χ1v) is 10.4. The van der Waals surface area contributed by atoms with Crippen LogP contribution in [0.15, 0.2) is 71.2 Å². The molecule has 0 saturated carbocycles. The fourth-order valence-electron chi connectivity index (χ4n) is 2.88. The molecule has 0 spiro atoms. The highest BCUT2D eigenvalue weighted by Gasteiger charge is 2.20. The van der Waals surface area contributed by atoms with Gasteiger partial charge in [-0.1, -0.05) is 39.9 Å². The Morgan fingerprint density at radius 1 is 0.606 bits per heavy atom. The zero-order valence-corrected chi connectivity index (χ0v) is 19.3. The standard InChI is InChI=1S/C26H17BrO6/c1-32-25(30)19-7-5-16(6-8-19)3-4-17-13-21(15-22(27)14-17)24(29)23(28)18-9-11-20(12-10-18)26(31)33-2/h5-15H,1-2H3. The summed E-state index contributed by atoms with van der Waals surface area (Å²) < 4.78 is 9.88. The van der Waals surface area contributed by atoms with Crippen LogP contribution in [0, 0.1) is 11.8 Å². The van der Waals surface area contributed by atoms with Crippen molar-refractivity contribution in [3.8, 4) is 11.8 Å². The van der Waals surface area contributed by atoms with Crippen LogP contribution in [0.25, 0.3) is 0 Å². The molecule has 3 rings (SSSR count). The summed E-state index contributed by atoms with van der Waals surface area (Å²) in [4.78, 5) is 48.5. The van der Waals surface area contributed by atoms with Crippen molar-refractivity contribution in [2.45, 2.75) is 0 Å². The van der Waals surface area contributed by atoms with E-state index in [2.05, 4.69) is 37.2 Å². The van der Waals surface area contributed by atoms with E-state index in [1.54, 1.807) is 36.4 Å². The predicted octanol–water partition coefficient (Wildman–Crippen LogP) is 4.49. The fourth-order valence-corrected chi connectivity index (χ4v) is 3.38. The van der Waals surface area contributed by atoms with Crippen LogP contribution >= 0.6 is 15.9 Å². The normalized spacial score (nSPS) is 9.91. The Bertz CT molecular complexity index is 1300. The molecule has 164 valence electrons. The topological polar surface area (TPSA) is 86.7 Å². The number of ether oxygens (including phenoxy) is 2. The molecule has 3 aromatic rings. The number of carbonyl (C=O) groups excluding carboxylic acids is 4. The van der Waals surface area contributed by atoms with Crippen molar-refractivity contribution in [2.75, 3.05) is 14.2 Å². The van der Waals surface area contributed by atoms with E-state index in [4.69, 9.17) is 0 Å². The molecule has 7 heteroatoms. The highest BCUT2D eigenvalue weighted by atomic mass is 79.9. The zero-order valence-electron chi connectivity index (χ0n) is 17.7. The molecular weight excluding hydrogens is 488 g/mol. The van der Waals surface area contributed by atoms with Crippen molar-refractivity contribution in [1.29, 1.82) is 0 Å². The van der Waals surface area contributed by atoms with Gasteiger partial charge in [0.25, 0.3) is 0 Å². The minimum absolute atomic E-state index is 0.158. The number of rotatable bonds is 5. The maximum atomic E-state index is 12.8. The van der Waals surface area contributed by atoms with Gasteiger partial charge in [0, 0.05) is 26.7 Å². The van der Waals surface area contributed by atoms with Crippen LogP contribution in [0.4, 0.5) is 0 Å². The van der Waals surface area contributed by atoms with E-state index in [0.29, 0.717) is 21.2 Å². The summed E-state index contributed by atoms with van der Waals surface area (Å²) in [6.45, 7) is 0. The molecule has 0 saturated heterocycles. The van der Waals surface area contributed by atoms with Crippen LogP contribution < -0.4 is 0 Å². The molecule has 0 N–H and O–H groups in total. The third-order valence-electron chi connectivity index (χ3n) is 4.59. The van der Waals surface area contributed by atoms with Gasteiger partial charge in [0.05, 0.1) is 25.3 Å². The van der Waals surface area contributed by atoms with Gasteiger partial charge in [-0.25, -0.2) is 9.59 Å². The first kappa shape index (κ1) is 23.6. The summed E-state index contributed by atoms with van der Waals surface area (Å²) in [5, 5.41) is 0. The van der Waals surface area contributed by atoms with Crippen molar-refractivity contribution in [3.05, 3.63) is 105 Å². The summed E-state index contributed by atoms with van der Waals surface area (Å²) in [7, 11) is 2.57. The van der Waals surface area contributed by atoms with Gasteiger partial charge < -0.3 is 9.47 Å². The molecule has 0 aliphatic heterocycles. The Morgan fingerprint density at radius 2 is 1.06 bits per heavy atom. The van der Waals surface area contributed by atoms with Gasteiger partial charge in [0.15, 0.2) is 0 Å². The largest absolute Gasteiger partial charge is 0.465 e. The lowest BCUT2D eigenvalue weighted by Gasteiger charge is -2.04. The van der Waals surface area contributed by atoms with E-state index in [1.807, 2.05) is 0 Å². The average Bonchev–Trinajstić information content (AvgIpc) is 2.85. The molecule has 0 aliphatic rings. The fraction of sp³-hybridized carbons (Fsp3) is 0.0769. The van der Waals surface area contributed by atoms with Gasteiger partial charge in [0.2, 0.25) is 11.6 Å². The molecule has 0 atom stereocenters. The second-order valence-corrected chi connectivity index (χ2v) is 7.69. The summed E-state index contributed by atoms with van der Waals surface area (Å²) in [6, 6.07) is 17.0. The van der Waals surface area contributed by atoms with E-state index in [0.717, 1.165) is 0 Å². The lowest BCUT2D eigenvalue weighted by Crippen LogP contribution is -2.15. The number of Topliss-reactive ketones (excluding diaryl/α,β-unsaturated/α-hetero) is 2. The number of esters is 2. The first-order chi connectivity index (χ1) is 15.8. The van der Waals surface area contributed by atoms with E-state index in [9.17, 15) is 19.2 Å². The molecule has 0 aromatic heterocycles. The van der Waals surface area contributed by atoms with Crippen LogP contribution in [-0.2, 0) is 9.47 Å². The zero-order chi connectivity index (χ0) is 24.0. The molecule has 0 aliphatic carbocycles. The van der Waals surface area contributed by atoms with Crippen molar-refractivity contribution in [2.24, 2.45) is 0 Å². The molecular formula is C26H17BrO6. The number of hydrogen-bond acceptors (Lipinski definition) is 6. The second-order valence-electron chi connectivity index (χ2n) is 6.77. The van der Waals surface area contributed by atoms with Gasteiger partial charge in [-0.05, 0) is 54.6 Å². The lowest BCUT2D eigenvalue weighted by molar-refractivity contribution is 0.0592. The minimum Gasteiger partial charge on any atom is -0.465 e. The van der Waals surface area contributed by atoms with Crippen LogP contribution in [0.2, 0.25) is 0 Å². The number of ketones is 2. The van der Waals surface area contributed by atoms with Crippen LogP contribution in [0.5, 0.6) is 0 Å². The maximum absolute atomic E-state index is 12.8. The smallest absolute Gasteiger partial charge is 0.337 e. The third kappa shape index (κ3) is 5.82. The summed E-state index contributed by atoms with van der Waals surface area (Å²) in [5.41, 5.74) is 2.22. The molecule has 6 nitrogen and oxygen atoms in total. The highest BCUT2D eigenvalue weighted by Crippen LogP contribution is 2.18. The summed E-state index contributed by atoms with van der Waals surface area (Å²) in [5.74, 6) is 3.54. The lowest BCUT2D eigenvalue weighted by atomic mass is 9.99. The molecule has 3 aromatic carbocycles. The van der Waals surface area contributed by atoms with Gasteiger partial charge in [-0.2, -0.15) is 0 Å². The molecule has 0 heterocycles. The van der Waals surface area contributed by atoms with Crippen molar-refractivity contribution in [1.82, 2.24) is 0 Å². The van der Waals surface area contributed by atoms with Crippen LogP contribution in [0.1, 0.15) is 52.6 Å². The molecule has 33 heavy (non-hydrogen) atoms. The predicted molar refractivity (Wildman–Crippen MR) is 124 cm³/mol. The van der Waals surface area contributed by atoms with Gasteiger partial charge in [0.1, 0.15) is 0 Å². The monoisotopic (exact) mass is 504 g/mol. The van der Waals surface area contributed by atoms with E-state index >= 15 is 0 Å². The van der Waals surface area contributed by atoms with Gasteiger partial charge in [-0.3, -0.25) is 9.59 Å². The SMILES string of the molecule is COC(=O)c1ccc(C#Cc2cc(Br)cc(C(=O)C(=O)c3ccc(C(=O)OC)cc3)c2)cc1. The Hall–Kier alpha value is -4.02. The number of halogens is 1. The number of carbonyl (C=O) groups is 4. The van der Waals surface area contributed by atoms with E-state index in [-0.39, 0.29) is 16.7 Å². The van der Waals surface area contributed by atoms with Crippen LogP contribution in [-0.4, -0.2) is 37.7 Å². The van der Waals surface area contributed by atoms with Crippen molar-refractivity contribution >= 4 is 39.4 Å². The second kappa shape index (κ2) is 10.5. The third-order valence-corrected chi connectivity index (χ3v) is 5.05. The number of benzene rings is 3. The van der Waals surface area contributed by atoms with Crippen molar-refractivity contribution in [3.63, 3.8) is 0 Å². The quantitative estimate of drug-likeness (QED) is 0.220. The highest BCUT2D eigenvalue weighted by molar-refractivity contribution is 9.10. The van der Waals surface area contributed by atoms with E-state index < -0.39 is 23.5 Å². The average molecular weight is 505 g/mol. The van der Waals surface area contributed by atoms with Gasteiger partial charge in [-0.15, -0.1) is 0 Å². The summed E-state index contributed by atoms with van der Waals surface area (Å²) >= 11 is 3.35. The molecule has 0 radical (unpaired) electrons. The molecule has 0 amide bonds. The van der Waals surface area contributed by atoms with Crippen LogP contribution in [0.3, 0.4) is 0 Å². The summed E-state index contributed by atoms with van der Waals surface area (Å²) in [6.07, 6.45) is 0.